The first-order chi connectivity index (χ1) is 23.8. The van der Waals surface area contributed by atoms with Gasteiger partial charge in [0.2, 0.25) is 0 Å². The quantitative estimate of drug-likeness (QED) is 0.0453. The van der Waals surface area contributed by atoms with Crippen LogP contribution in [0.15, 0.2) is 92.0 Å². The van der Waals surface area contributed by atoms with Crippen LogP contribution in [0.25, 0.3) is 0 Å². The van der Waals surface area contributed by atoms with E-state index in [2.05, 4.69) is 13.2 Å². The molecule has 0 fully saturated rings. The Bertz CT molecular complexity index is 1530. The van der Waals surface area contributed by atoms with Gasteiger partial charge < -0.3 is 28.4 Å². The van der Waals surface area contributed by atoms with Crippen molar-refractivity contribution >= 4 is 23.9 Å². The van der Waals surface area contributed by atoms with Crippen molar-refractivity contribution in [1.29, 1.82) is 0 Å². The van der Waals surface area contributed by atoms with Crippen molar-refractivity contribution in [3.05, 3.63) is 109 Å². The summed E-state index contributed by atoms with van der Waals surface area (Å²) in [7, 11) is 0. The standard InChI is InChI=1S/C39H44O10/c1-4-35(40)46-27-15-8-6-13-25-44-32-21-19-31(20-22-32)38(42)48-33-23-24-34(45-26-14-7-9-16-28-47-36(41)5-2)37(29(33)3)49-39(43)30-17-11-10-12-18-30/h4-5,10-12,17-24H,1-2,6-9,13-16,25-28H2,3H3. The first-order valence-corrected chi connectivity index (χ1v) is 16.4. The highest BCUT2D eigenvalue weighted by molar-refractivity contribution is 5.93. The van der Waals surface area contributed by atoms with Crippen LogP contribution in [0.3, 0.4) is 0 Å². The first kappa shape index (κ1) is 38.1. The number of hydrogen-bond acceptors (Lipinski definition) is 10. The molecule has 0 spiro atoms. The highest BCUT2D eigenvalue weighted by Gasteiger charge is 2.20. The second-order valence-electron chi connectivity index (χ2n) is 11.0. The number of rotatable bonds is 22. The molecule has 0 saturated heterocycles. The Kier molecular flexibility index (Phi) is 16.7. The minimum absolute atomic E-state index is 0.164. The van der Waals surface area contributed by atoms with Crippen LogP contribution in [0.4, 0.5) is 0 Å². The lowest BCUT2D eigenvalue weighted by Gasteiger charge is -2.17. The van der Waals surface area contributed by atoms with Crippen molar-refractivity contribution in [2.45, 2.75) is 58.3 Å². The zero-order chi connectivity index (χ0) is 35.3. The van der Waals surface area contributed by atoms with E-state index in [-0.39, 0.29) is 11.5 Å². The maximum atomic E-state index is 13.1. The second kappa shape index (κ2) is 21.5. The minimum Gasteiger partial charge on any atom is -0.494 e. The Labute approximate surface area is 287 Å². The Morgan fingerprint density at radius 3 is 1.61 bits per heavy atom. The molecular formula is C39H44O10. The van der Waals surface area contributed by atoms with Crippen LogP contribution < -0.4 is 18.9 Å². The van der Waals surface area contributed by atoms with Crippen molar-refractivity contribution in [2.75, 3.05) is 26.4 Å². The normalized spacial score (nSPS) is 10.4. The molecular weight excluding hydrogens is 628 g/mol. The molecule has 0 radical (unpaired) electrons. The number of unbranched alkanes of at least 4 members (excludes halogenated alkanes) is 6. The molecule has 0 amide bonds. The maximum Gasteiger partial charge on any atom is 0.343 e. The minimum atomic E-state index is -0.584. The van der Waals surface area contributed by atoms with Crippen molar-refractivity contribution in [3.63, 3.8) is 0 Å². The summed E-state index contributed by atoms with van der Waals surface area (Å²) in [6.45, 7) is 10.0. The van der Waals surface area contributed by atoms with Crippen LogP contribution in [0.1, 0.15) is 77.6 Å². The summed E-state index contributed by atoms with van der Waals surface area (Å²) in [4.78, 5) is 48.2. The number of carbonyl (C=O) groups is 4. The molecule has 10 heteroatoms. The van der Waals surface area contributed by atoms with Gasteiger partial charge in [-0.1, -0.05) is 31.4 Å². The van der Waals surface area contributed by atoms with E-state index < -0.39 is 23.9 Å². The molecule has 0 bridgehead atoms. The topological polar surface area (TPSA) is 124 Å². The average molecular weight is 673 g/mol. The molecule has 0 heterocycles. The number of ether oxygens (including phenoxy) is 6. The predicted octanol–water partition coefficient (Wildman–Crippen LogP) is 7.77. The maximum absolute atomic E-state index is 13.1. The molecule has 0 aliphatic rings. The van der Waals surface area contributed by atoms with Crippen LogP contribution in [0, 0.1) is 6.92 Å². The summed E-state index contributed by atoms with van der Waals surface area (Å²) in [5, 5.41) is 0. The third-order valence-corrected chi connectivity index (χ3v) is 7.24. The van der Waals surface area contributed by atoms with Gasteiger partial charge >= 0.3 is 23.9 Å². The predicted molar refractivity (Wildman–Crippen MR) is 184 cm³/mol. The summed E-state index contributed by atoms with van der Waals surface area (Å²) >= 11 is 0. The monoisotopic (exact) mass is 672 g/mol. The van der Waals surface area contributed by atoms with Gasteiger partial charge in [0.15, 0.2) is 11.5 Å². The zero-order valence-electron chi connectivity index (χ0n) is 28.0. The molecule has 49 heavy (non-hydrogen) atoms. The summed E-state index contributed by atoms with van der Waals surface area (Å²) in [6, 6.07) is 18.4. The van der Waals surface area contributed by atoms with Crippen molar-refractivity contribution < 1.29 is 47.6 Å². The molecule has 10 nitrogen and oxygen atoms in total. The zero-order valence-corrected chi connectivity index (χ0v) is 28.0. The van der Waals surface area contributed by atoms with E-state index in [9.17, 15) is 19.2 Å². The van der Waals surface area contributed by atoms with Gasteiger partial charge in [-0.25, -0.2) is 19.2 Å². The molecule has 0 aliphatic heterocycles. The van der Waals surface area contributed by atoms with Crippen molar-refractivity contribution in [3.8, 4) is 23.0 Å². The van der Waals surface area contributed by atoms with Crippen molar-refractivity contribution in [1.82, 2.24) is 0 Å². The molecule has 0 aliphatic carbocycles. The highest BCUT2D eigenvalue weighted by atomic mass is 16.6. The third-order valence-electron chi connectivity index (χ3n) is 7.24. The molecule has 3 aromatic rings. The van der Waals surface area contributed by atoms with E-state index >= 15 is 0 Å². The van der Waals surface area contributed by atoms with Crippen LogP contribution in [0.2, 0.25) is 0 Å². The van der Waals surface area contributed by atoms with E-state index in [1.165, 1.54) is 0 Å². The van der Waals surface area contributed by atoms with Gasteiger partial charge in [-0.05, 0) is 107 Å². The van der Waals surface area contributed by atoms with Gasteiger partial charge in [0, 0.05) is 17.7 Å². The number of benzene rings is 3. The summed E-state index contributed by atoms with van der Waals surface area (Å²) in [5.74, 6) is -0.644. The van der Waals surface area contributed by atoms with Gasteiger partial charge in [0.05, 0.1) is 37.6 Å². The first-order valence-electron chi connectivity index (χ1n) is 16.4. The van der Waals surface area contributed by atoms with Crippen LogP contribution in [0.5, 0.6) is 23.0 Å². The Hall–Kier alpha value is -5.38. The van der Waals surface area contributed by atoms with Gasteiger partial charge in [0.1, 0.15) is 11.5 Å². The lowest BCUT2D eigenvalue weighted by molar-refractivity contribution is -0.138. The summed E-state index contributed by atoms with van der Waals surface area (Å²) in [5.41, 5.74) is 1.11. The average Bonchev–Trinajstić information content (AvgIpc) is 3.12. The van der Waals surface area contributed by atoms with Gasteiger partial charge in [-0.2, -0.15) is 0 Å². The Morgan fingerprint density at radius 1 is 0.551 bits per heavy atom. The van der Waals surface area contributed by atoms with Gasteiger partial charge in [-0.3, -0.25) is 0 Å². The Morgan fingerprint density at radius 2 is 1.04 bits per heavy atom. The highest BCUT2D eigenvalue weighted by Crippen LogP contribution is 2.38. The fourth-order valence-electron chi connectivity index (χ4n) is 4.52. The van der Waals surface area contributed by atoms with E-state index in [0.29, 0.717) is 54.6 Å². The SMILES string of the molecule is C=CC(=O)OCCCCCCOc1ccc(C(=O)Oc2ccc(OCCCCCCOC(=O)C=C)c(OC(=O)c3ccccc3)c2C)cc1. The lowest BCUT2D eigenvalue weighted by atomic mass is 10.1. The lowest BCUT2D eigenvalue weighted by Crippen LogP contribution is -2.13. The van der Waals surface area contributed by atoms with Crippen molar-refractivity contribution in [2.24, 2.45) is 0 Å². The molecule has 0 N–H and O–H groups in total. The summed E-state index contributed by atoms with van der Waals surface area (Å²) in [6.07, 6.45) is 8.90. The van der Waals surface area contributed by atoms with E-state index in [1.54, 1.807) is 73.7 Å². The number of esters is 4. The molecule has 3 rings (SSSR count). The van der Waals surface area contributed by atoms with E-state index in [4.69, 9.17) is 28.4 Å². The largest absolute Gasteiger partial charge is 0.494 e. The van der Waals surface area contributed by atoms with Crippen LogP contribution in [-0.4, -0.2) is 50.3 Å². The number of carbonyl (C=O) groups excluding carboxylic acids is 4. The molecule has 0 saturated carbocycles. The number of hydrogen-bond donors (Lipinski definition) is 0. The summed E-state index contributed by atoms with van der Waals surface area (Å²) < 4.78 is 33.2. The molecule has 0 atom stereocenters. The molecule has 0 aromatic heterocycles. The van der Waals surface area contributed by atoms with Gasteiger partial charge in [-0.15, -0.1) is 0 Å². The Balaban J connectivity index is 1.55. The molecule has 3 aromatic carbocycles. The fraction of sp³-hybridized carbons (Fsp3) is 0.333. The molecule has 0 unspecified atom stereocenters. The van der Waals surface area contributed by atoms with E-state index in [0.717, 1.165) is 63.5 Å². The smallest absolute Gasteiger partial charge is 0.343 e. The molecule has 260 valence electrons. The second-order valence-corrected chi connectivity index (χ2v) is 11.0. The third kappa shape index (κ3) is 13.7. The van der Waals surface area contributed by atoms with E-state index in [1.807, 2.05) is 0 Å². The van der Waals surface area contributed by atoms with Gasteiger partial charge in [0.25, 0.3) is 0 Å². The van der Waals surface area contributed by atoms with Crippen LogP contribution in [-0.2, 0) is 19.1 Å². The van der Waals surface area contributed by atoms with Crippen LogP contribution >= 0.6 is 0 Å². The fourth-order valence-corrected chi connectivity index (χ4v) is 4.52.